The van der Waals surface area contributed by atoms with Crippen molar-refractivity contribution in [3.8, 4) is 0 Å². The molecule has 0 saturated carbocycles. The molecule has 1 aliphatic rings. The summed E-state index contributed by atoms with van der Waals surface area (Å²) in [5.74, 6) is 0.954. The average molecular weight is 306 g/mol. The molecule has 1 aromatic rings. The summed E-state index contributed by atoms with van der Waals surface area (Å²) < 4.78 is 5.17. The predicted molar refractivity (Wildman–Crippen MR) is 84.0 cm³/mol. The topological polar surface area (TPSA) is 62.6 Å². The van der Waals surface area contributed by atoms with Crippen molar-refractivity contribution in [2.45, 2.75) is 52.0 Å². The molecule has 0 radical (unpaired) electrons. The van der Waals surface area contributed by atoms with Crippen LogP contribution < -0.4 is 5.32 Å². The van der Waals surface area contributed by atoms with Crippen LogP contribution in [-0.2, 0) is 16.1 Å². The number of nitrogens with one attached hydrogen (secondary N) is 1. The first-order chi connectivity index (χ1) is 10.6. The summed E-state index contributed by atoms with van der Waals surface area (Å²) in [5, 5.41) is 2.82. The molecule has 1 aromatic heterocycles. The number of carbonyl (C=O) groups is 2. The van der Waals surface area contributed by atoms with Crippen molar-refractivity contribution < 1.29 is 14.0 Å². The SMILES string of the molecule is C[C@@H](CC(=O)NCc1ccco1)CC(=O)N1CCCCCC1. The van der Waals surface area contributed by atoms with Crippen molar-refractivity contribution in [3.05, 3.63) is 24.2 Å². The summed E-state index contributed by atoms with van der Waals surface area (Å²) in [4.78, 5) is 26.1. The number of carbonyl (C=O) groups excluding carboxylic acids is 2. The van der Waals surface area contributed by atoms with Crippen LogP contribution in [0.25, 0.3) is 0 Å². The van der Waals surface area contributed by atoms with Gasteiger partial charge in [0.05, 0.1) is 12.8 Å². The Hall–Kier alpha value is -1.78. The number of nitrogens with zero attached hydrogens (tertiary/aromatic N) is 1. The van der Waals surface area contributed by atoms with Crippen molar-refractivity contribution in [2.75, 3.05) is 13.1 Å². The van der Waals surface area contributed by atoms with Crippen LogP contribution in [0.2, 0.25) is 0 Å². The van der Waals surface area contributed by atoms with E-state index in [-0.39, 0.29) is 17.7 Å². The molecule has 122 valence electrons. The highest BCUT2D eigenvalue weighted by molar-refractivity contribution is 5.79. The Morgan fingerprint density at radius 1 is 1.23 bits per heavy atom. The van der Waals surface area contributed by atoms with Crippen molar-refractivity contribution in [2.24, 2.45) is 5.92 Å². The van der Waals surface area contributed by atoms with Gasteiger partial charge in [0.25, 0.3) is 0 Å². The van der Waals surface area contributed by atoms with E-state index in [4.69, 9.17) is 4.42 Å². The van der Waals surface area contributed by atoms with Gasteiger partial charge < -0.3 is 14.6 Å². The molecule has 0 aliphatic carbocycles. The Labute approximate surface area is 132 Å². The second-order valence-electron chi connectivity index (χ2n) is 6.16. The first-order valence-corrected chi connectivity index (χ1v) is 8.22. The maximum absolute atomic E-state index is 12.3. The number of hydrogen-bond donors (Lipinski definition) is 1. The van der Waals surface area contributed by atoms with Crippen molar-refractivity contribution in [3.63, 3.8) is 0 Å². The van der Waals surface area contributed by atoms with Crippen molar-refractivity contribution >= 4 is 11.8 Å². The Bertz CT molecular complexity index is 462. The highest BCUT2D eigenvalue weighted by atomic mass is 16.3. The molecular weight excluding hydrogens is 280 g/mol. The first kappa shape index (κ1) is 16.6. The van der Waals surface area contributed by atoms with Crippen LogP contribution in [0.4, 0.5) is 0 Å². The average Bonchev–Trinajstić information content (AvgIpc) is 2.85. The van der Waals surface area contributed by atoms with Gasteiger partial charge in [0.1, 0.15) is 5.76 Å². The van der Waals surface area contributed by atoms with Gasteiger partial charge in [0, 0.05) is 25.9 Å². The first-order valence-electron chi connectivity index (χ1n) is 8.22. The molecule has 2 rings (SSSR count). The fourth-order valence-corrected chi connectivity index (χ4v) is 2.81. The van der Waals surface area contributed by atoms with Crippen LogP contribution in [-0.4, -0.2) is 29.8 Å². The van der Waals surface area contributed by atoms with Crippen molar-refractivity contribution in [1.82, 2.24) is 10.2 Å². The van der Waals surface area contributed by atoms with Gasteiger partial charge >= 0.3 is 0 Å². The zero-order valence-corrected chi connectivity index (χ0v) is 13.3. The number of likely N-dealkylation sites (tertiary alicyclic amines) is 1. The van der Waals surface area contributed by atoms with Crippen LogP contribution >= 0.6 is 0 Å². The fourth-order valence-electron chi connectivity index (χ4n) is 2.81. The second kappa shape index (κ2) is 8.61. The van der Waals surface area contributed by atoms with Gasteiger partial charge in [-0.3, -0.25) is 9.59 Å². The molecule has 2 amide bonds. The standard InChI is InChI=1S/C17H26N2O3/c1-14(11-16(20)18-13-15-7-6-10-22-15)12-17(21)19-8-4-2-3-5-9-19/h6-7,10,14H,2-5,8-9,11-13H2,1H3,(H,18,20)/t14-/m0/s1. The number of hydrogen-bond acceptors (Lipinski definition) is 3. The minimum absolute atomic E-state index is 0.0347. The summed E-state index contributed by atoms with van der Waals surface area (Å²) in [7, 11) is 0. The van der Waals surface area contributed by atoms with Crippen LogP contribution in [0, 0.1) is 5.92 Å². The largest absolute Gasteiger partial charge is 0.467 e. The van der Waals surface area contributed by atoms with E-state index in [1.807, 2.05) is 17.9 Å². The Morgan fingerprint density at radius 3 is 2.59 bits per heavy atom. The summed E-state index contributed by atoms with van der Waals surface area (Å²) >= 11 is 0. The third-order valence-corrected chi connectivity index (χ3v) is 4.06. The lowest BCUT2D eigenvalue weighted by atomic mass is 10.0. The molecule has 22 heavy (non-hydrogen) atoms. The van der Waals surface area contributed by atoms with Gasteiger partial charge in [-0.25, -0.2) is 0 Å². The van der Waals surface area contributed by atoms with Gasteiger partial charge in [-0.05, 0) is 30.9 Å². The van der Waals surface area contributed by atoms with E-state index < -0.39 is 0 Å². The van der Waals surface area contributed by atoms with E-state index in [0.717, 1.165) is 31.7 Å². The quantitative estimate of drug-likeness (QED) is 0.879. The van der Waals surface area contributed by atoms with Crippen LogP contribution in [0.15, 0.2) is 22.8 Å². The second-order valence-corrected chi connectivity index (χ2v) is 6.16. The van der Waals surface area contributed by atoms with Gasteiger partial charge in [-0.2, -0.15) is 0 Å². The summed E-state index contributed by atoms with van der Waals surface area (Å²) in [6, 6.07) is 3.62. The van der Waals surface area contributed by atoms with E-state index in [1.165, 1.54) is 12.8 Å². The lowest BCUT2D eigenvalue weighted by Crippen LogP contribution is -2.33. The summed E-state index contributed by atoms with van der Waals surface area (Å²) in [5.41, 5.74) is 0. The zero-order valence-electron chi connectivity index (χ0n) is 13.3. The summed E-state index contributed by atoms with van der Waals surface area (Å²) in [6.07, 6.45) is 7.05. The molecule has 1 saturated heterocycles. The number of rotatable bonds is 6. The molecule has 1 N–H and O–H groups in total. The maximum Gasteiger partial charge on any atom is 0.222 e. The van der Waals surface area contributed by atoms with E-state index in [1.54, 1.807) is 12.3 Å². The minimum atomic E-state index is -0.0347. The predicted octanol–water partition coefficient (Wildman–Crippen LogP) is 2.71. The van der Waals surface area contributed by atoms with E-state index in [0.29, 0.717) is 19.4 Å². The smallest absolute Gasteiger partial charge is 0.222 e. The highest BCUT2D eigenvalue weighted by Gasteiger charge is 2.19. The number of furan rings is 1. The van der Waals surface area contributed by atoms with Crippen LogP contribution in [0.3, 0.4) is 0 Å². The maximum atomic E-state index is 12.3. The fraction of sp³-hybridized carbons (Fsp3) is 0.647. The molecule has 0 spiro atoms. The van der Waals surface area contributed by atoms with E-state index >= 15 is 0 Å². The lowest BCUT2D eigenvalue weighted by molar-refractivity contribution is -0.132. The molecule has 0 unspecified atom stereocenters. The highest BCUT2D eigenvalue weighted by Crippen LogP contribution is 2.15. The number of amides is 2. The van der Waals surface area contributed by atoms with E-state index in [9.17, 15) is 9.59 Å². The van der Waals surface area contributed by atoms with Crippen molar-refractivity contribution in [1.29, 1.82) is 0 Å². The van der Waals surface area contributed by atoms with Gasteiger partial charge in [0.15, 0.2) is 0 Å². The normalized spacial score (nSPS) is 16.9. The molecule has 0 bridgehead atoms. The minimum Gasteiger partial charge on any atom is -0.467 e. The Morgan fingerprint density at radius 2 is 1.95 bits per heavy atom. The van der Waals surface area contributed by atoms with Crippen LogP contribution in [0.5, 0.6) is 0 Å². The molecule has 1 atom stereocenters. The zero-order chi connectivity index (χ0) is 15.8. The van der Waals surface area contributed by atoms with Gasteiger partial charge in [-0.15, -0.1) is 0 Å². The van der Waals surface area contributed by atoms with E-state index in [2.05, 4.69) is 5.32 Å². The third-order valence-electron chi connectivity index (χ3n) is 4.06. The molecule has 5 heteroatoms. The third kappa shape index (κ3) is 5.54. The molecule has 0 aromatic carbocycles. The van der Waals surface area contributed by atoms with Gasteiger partial charge in [0.2, 0.25) is 11.8 Å². The molecule has 5 nitrogen and oxygen atoms in total. The molecule has 1 fully saturated rings. The molecule has 2 heterocycles. The monoisotopic (exact) mass is 306 g/mol. The Balaban J connectivity index is 1.68. The van der Waals surface area contributed by atoms with Crippen LogP contribution in [0.1, 0.15) is 51.2 Å². The molecular formula is C17H26N2O3. The lowest BCUT2D eigenvalue weighted by Gasteiger charge is -2.22. The van der Waals surface area contributed by atoms with Gasteiger partial charge in [-0.1, -0.05) is 19.8 Å². The Kier molecular flexibility index (Phi) is 6.49. The molecule has 1 aliphatic heterocycles. The summed E-state index contributed by atoms with van der Waals surface area (Å²) in [6.45, 7) is 4.10.